The Morgan fingerprint density at radius 3 is 3.00 bits per heavy atom. The SMILES string of the molecule is C=C1/C=C(CO)\C=C/CO[C@@H](O)CC1C. The quantitative estimate of drug-likeness (QED) is 0.687. The maximum atomic E-state index is 9.47. The molecule has 3 heteroatoms. The Hall–Kier alpha value is -0.900. The van der Waals surface area contributed by atoms with E-state index in [1.54, 1.807) is 12.2 Å². The van der Waals surface area contributed by atoms with Crippen LogP contribution < -0.4 is 0 Å². The maximum Gasteiger partial charge on any atom is 0.155 e. The summed E-state index contributed by atoms with van der Waals surface area (Å²) < 4.78 is 5.15. The molecule has 3 nitrogen and oxygen atoms in total. The van der Waals surface area contributed by atoms with Gasteiger partial charge in [-0.25, -0.2) is 0 Å². The molecule has 0 aromatic rings. The second-order valence-electron chi connectivity index (χ2n) is 3.78. The van der Waals surface area contributed by atoms with E-state index in [2.05, 4.69) is 6.58 Å². The van der Waals surface area contributed by atoms with Gasteiger partial charge in [0.05, 0.1) is 13.2 Å². The van der Waals surface area contributed by atoms with Crippen molar-refractivity contribution in [3.8, 4) is 0 Å². The minimum Gasteiger partial charge on any atom is -0.392 e. The lowest BCUT2D eigenvalue weighted by Crippen LogP contribution is -2.17. The molecule has 1 rings (SSSR count). The third kappa shape index (κ3) is 4.00. The van der Waals surface area contributed by atoms with Crippen molar-refractivity contribution in [3.05, 3.63) is 36.0 Å². The van der Waals surface area contributed by atoms with Crippen molar-refractivity contribution in [1.82, 2.24) is 0 Å². The Kier molecular flexibility index (Phi) is 4.75. The third-order valence-electron chi connectivity index (χ3n) is 2.46. The first kappa shape index (κ1) is 12.2. The topological polar surface area (TPSA) is 49.7 Å². The number of aliphatic hydroxyl groups excluding tert-OH is 2. The van der Waals surface area contributed by atoms with Gasteiger partial charge in [-0.3, -0.25) is 0 Å². The molecule has 1 unspecified atom stereocenters. The van der Waals surface area contributed by atoms with Crippen molar-refractivity contribution in [1.29, 1.82) is 0 Å². The van der Waals surface area contributed by atoms with Crippen LogP contribution in [0.2, 0.25) is 0 Å². The third-order valence-corrected chi connectivity index (χ3v) is 2.46. The summed E-state index contributed by atoms with van der Waals surface area (Å²) in [6.45, 7) is 6.24. The normalized spacial score (nSPS) is 34.3. The second-order valence-corrected chi connectivity index (χ2v) is 3.78. The summed E-state index contributed by atoms with van der Waals surface area (Å²) in [6, 6.07) is 0. The Bertz CT molecular complexity index is 279. The molecule has 0 aromatic heterocycles. The molecule has 1 aliphatic heterocycles. The van der Waals surface area contributed by atoms with Gasteiger partial charge in [-0.05, 0) is 11.5 Å². The van der Waals surface area contributed by atoms with Crippen molar-refractivity contribution < 1.29 is 14.9 Å². The van der Waals surface area contributed by atoms with E-state index in [0.717, 1.165) is 11.1 Å². The molecule has 1 aliphatic rings. The van der Waals surface area contributed by atoms with Crippen molar-refractivity contribution >= 4 is 0 Å². The first-order chi connectivity index (χ1) is 7.13. The zero-order valence-electron chi connectivity index (χ0n) is 9.02. The molecule has 0 bridgehead atoms. The summed E-state index contributed by atoms with van der Waals surface area (Å²) in [5.74, 6) is 0.146. The maximum absolute atomic E-state index is 9.47. The van der Waals surface area contributed by atoms with Gasteiger partial charge < -0.3 is 14.9 Å². The Labute approximate surface area is 90.4 Å². The van der Waals surface area contributed by atoms with Crippen LogP contribution >= 0.6 is 0 Å². The van der Waals surface area contributed by atoms with Gasteiger partial charge in [0.25, 0.3) is 0 Å². The fourth-order valence-electron chi connectivity index (χ4n) is 1.41. The van der Waals surface area contributed by atoms with E-state index in [1.165, 1.54) is 0 Å². The standard InChI is InChI=1S/C12H18O3/c1-9-6-11(8-13)4-3-5-15-12(14)7-10(9)2/h3-4,6,10,12-14H,1,5,7-8H2,2H3/b4-3-,11-6+/t10?,12-/m1/s1. The van der Waals surface area contributed by atoms with Crippen LogP contribution in [0.3, 0.4) is 0 Å². The highest BCUT2D eigenvalue weighted by atomic mass is 16.6. The van der Waals surface area contributed by atoms with Gasteiger partial charge in [-0.1, -0.05) is 37.3 Å². The first-order valence-corrected chi connectivity index (χ1v) is 5.10. The highest BCUT2D eigenvalue weighted by Crippen LogP contribution is 2.19. The molecule has 0 fully saturated rings. The number of hydrogen-bond donors (Lipinski definition) is 2. The van der Waals surface area contributed by atoms with Crippen molar-refractivity contribution in [2.75, 3.05) is 13.2 Å². The van der Waals surface area contributed by atoms with Crippen LogP contribution in [0.25, 0.3) is 0 Å². The smallest absolute Gasteiger partial charge is 0.155 e. The van der Waals surface area contributed by atoms with Gasteiger partial charge in [-0.15, -0.1) is 0 Å². The average Bonchev–Trinajstić information content (AvgIpc) is 2.21. The fraction of sp³-hybridized carbons (Fsp3) is 0.500. The van der Waals surface area contributed by atoms with Crippen LogP contribution in [0.5, 0.6) is 0 Å². The lowest BCUT2D eigenvalue weighted by Gasteiger charge is -2.18. The summed E-state index contributed by atoms with van der Waals surface area (Å²) in [7, 11) is 0. The molecular formula is C12H18O3. The molecule has 0 spiro atoms. The molecule has 15 heavy (non-hydrogen) atoms. The Balaban J connectivity index is 2.81. The number of rotatable bonds is 1. The zero-order valence-corrected chi connectivity index (χ0v) is 9.02. The average molecular weight is 210 g/mol. The summed E-state index contributed by atoms with van der Waals surface area (Å²) >= 11 is 0. The van der Waals surface area contributed by atoms with Gasteiger partial charge in [0.15, 0.2) is 6.29 Å². The number of ether oxygens (including phenoxy) is 1. The first-order valence-electron chi connectivity index (χ1n) is 5.10. The van der Waals surface area contributed by atoms with Crippen LogP contribution in [-0.2, 0) is 4.74 Å². The summed E-state index contributed by atoms with van der Waals surface area (Å²) in [6.07, 6.45) is 5.21. The lowest BCUT2D eigenvalue weighted by molar-refractivity contribution is -0.0979. The second kappa shape index (κ2) is 5.85. The number of aliphatic hydroxyl groups is 2. The highest BCUT2D eigenvalue weighted by molar-refractivity contribution is 5.30. The van der Waals surface area contributed by atoms with Gasteiger partial charge in [0, 0.05) is 6.42 Å². The molecule has 2 atom stereocenters. The van der Waals surface area contributed by atoms with Crippen molar-refractivity contribution in [2.24, 2.45) is 5.92 Å². The van der Waals surface area contributed by atoms with Gasteiger partial charge in [0.1, 0.15) is 0 Å². The summed E-state index contributed by atoms with van der Waals surface area (Å²) in [5.41, 5.74) is 1.71. The molecule has 2 N–H and O–H groups in total. The van der Waals surface area contributed by atoms with Gasteiger partial charge in [-0.2, -0.15) is 0 Å². The minimum atomic E-state index is -0.745. The molecule has 0 saturated heterocycles. The van der Waals surface area contributed by atoms with E-state index in [1.807, 2.05) is 13.0 Å². The van der Waals surface area contributed by atoms with Crippen molar-refractivity contribution in [2.45, 2.75) is 19.6 Å². The molecular weight excluding hydrogens is 192 g/mol. The van der Waals surface area contributed by atoms with E-state index in [-0.39, 0.29) is 12.5 Å². The van der Waals surface area contributed by atoms with E-state index >= 15 is 0 Å². The minimum absolute atomic E-state index is 0.00913. The molecule has 0 aromatic carbocycles. The van der Waals surface area contributed by atoms with Crippen LogP contribution in [0.1, 0.15) is 13.3 Å². The molecule has 1 heterocycles. The largest absolute Gasteiger partial charge is 0.392 e. The zero-order chi connectivity index (χ0) is 11.3. The molecule has 0 aliphatic carbocycles. The molecule has 0 saturated carbocycles. The molecule has 0 radical (unpaired) electrons. The summed E-state index contributed by atoms with van der Waals surface area (Å²) in [4.78, 5) is 0. The van der Waals surface area contributed by atoms with Crippen LogP contribution in [0.4, 0.5) is 0 Å². The summed E-state index contributed by atoms with van der Waals surface area (Å²) in [5, 5.41) is 18.6. The van der Waals surface area contributed by atoms with Crippen LogP contribution in [0, 0.1) is 5.92 Å². The van der Waals surface area contributed by atoms with Crippen LogP contribution in [0.15, 0.2) is 36.0 Å². The van der Waals surface area contributed by atoms with Crippen molar-refractivity contribution in [3.63, 3.8) is 0 Å². The van der Waals surface area contributed by atoms with E-state index in [9.17, 15) is 5.11 Å². The monoisotopic (exact) mass is 210 g/mol. The molecule has 0 amide bonds. The van der Waals surface area contributed by atoms with E-state index < -0.39 is 6.29 Å². The number of hydrogen-bond acceptors (Lipinski definition) is 3. The predicted octanol–water partition coefficient (Wildman–Crippen LogP) is 1.39. The van der Waals surface area contributed by atoms with E-state index in [4.69, 9.17) is 9.84 Å². The predicted molar refractivity (Wildman–Crippen MR) is 59.2 cm³/mol. The number of allylic oxidation sites excluding steroid dienone is 2. The van der Waals surface area contributed by atoms with Gasteiger partial charge in [0.2, 0.25) is 0 Å². The van der Waals surface area contributed by atoms with Gasteiger partial charge >= 0.3 is 0 Å². The highest BCUT2D eigenvalue weighted by Gasteiger charge is 2.13. The Morgan fingerprint density at radius 2 is 2.33 bits per heavy atom. The van der Waals surface area contributed by atoms with E-state index in [0.29, 0.717) is 13.0 Å². The molecule has 84 valence electrons. The lowest BCUT2D eigenvalue weighted by atomic mass is 9.96. The van der Waals surface area contributed by atoms with Crippen LogP contribution in [-0.4, -0.2) is 29.7 Å². The fourth-order valence-corrected chi connectivity index (χ4v) is 1.41. The Morgan fingerprint density at radius 1 is 1.60 bits per heavy atom.